The van der Waals surface area contributed by atoms with Gasteiger partial charge in [0.25, 0.3) is 5.69 Å². The first-order valence-corrected chi connectivity index (χ1v) is 6.09. The van der Waals surface area contributed by atoms with E-state index in [1.54, 1.807) is 12.3 Å². The lowest BCUT2D eigenvalue weighted by Crippen LogP contribution is -2.03. The van der Waals surface area contributed by atoms with Gasteiger partial charge in [0.1, 0.15) is 0 Å². The van der Waals surface area contributed by atoms with Gasteiger partial charge in [-0.1, -0.05) is 11.3 Å². The molecule has 0 amide bonds. The summed E-state index contributed by atoms with van der Waals surface area (Å²) in [5.74, 6) is 0. The maximum absolute atomic E-state index is 10.9. The van der Waals surface area contributed by atoms with Gasteiger partial charge in [0, 0.05) is 28.9 Å². The highest BCUT2D eigenvalue weighted by Gasteiger charge is 2.08. The van der Waals surface area contributed by atoms with E-state index in [1.807, 2.05) is 6.07 Å². The zero-order valence-electron chi connectivity index (χ0n) is 9.60. The van der Waals surface area contributed by atoms with Crippen LogP contribution in [0.25, 0.3) is 0 Å². The predicted molar refractivity (Wildman–Crippen MR) is 70.1 cm³/mol. The number of non-ortho nitro benzene ring substituents is 1. The molecule has 1 aromatic heterocycles. The standard InChI is InChI=1S/C11H11N3O3S/c1-7-2-8(4-10(3-7)14(16)17)12-5-9-6-18-11(15)13-9/h2-4,6,12H,5H2,1H3,(H,13,15). The number of hydrogen-bond acceptors (Lipinski definition) is 5. The summed E-state index contributed by atoms with van der Waals surface area (Å²) >= 11 is 1.09. The number of aromatic amines is 1. The van der Waals surface area contributed by atoms with Crippen molar-refractivity contribution in [2.24, 2.45) is 0 Å². The molecule has 0 aliphatic carbocycles. The summed E-state index contributed by atoms with van der Waals surface area (Å²) in [4.78, 5) is 23.8. The average molecular weight is 265 g/mol. The minimum absolute atomic E-state index is 0.0521. The van der Waals surface area contributed by atoms with Gasteiger partial charge in [-0.2, -0.15) is 0 Å². The van der Waals surface area contributed by atoms with Gasteiger partial charge >= 0.3 is 4.87 Å². The van der Waals surface area contributed by atoms with Gasteiger partial charge in [-0.25, -0.2) is 0 Å². The second-order valence-electron chi connectivity index (χ2n) is 3.84. The Labute approximate surface area is 106 Å². The molecule has 18 heavy (non-hydrogen) atoms. The molecule has 6 nitrogen and oxygen atoms in total. The maximum atomic E-state index is 10.9. The molecule has 2 aromatic rings. The van der Waals surface area contributed by atoms with Gasteiger partial charge < -0.3 is 10.3 Å². The van der Waals surface area contributed by atoms with Crippen molar-refractivity contribution in [3.05, 3.63) is 54.6 Å². The van der Waals surface area contributed by atoms with Crippen LogP contribution in [0.4, 0.5) is 11.4 Å². The Bertz CT molecular complexity index is 632. The number of benzene rings is 1. The first-order chi connectivity index (χ1) is 8.54. The second-order valence-corrected chi connectivity index (χ2v) is 4.68. The molecule has 2 N–H and O–H groups in total. The van der Waals surface area contributed by atoms with Crippen LogP contribution in [0.15, 0.2) is 28.4 Å². The molecule has 1 aromatic carbocycles. The van der Waals surface area contributed by atoms with Crippen LogP contribution in [0.2, 0.25) is 0 Å². The summed E-state index contributed by atoms with van der Waals surface area (Å²) in [6.07, 6.45) is 0. The quantitative estimate of drug-likeness (QED) is 0.655. The van der Waals surface area contributed by atoms with Crippen molar-refractivity contribution in [1.29, 1.82) is 0 Å². The summed E-state index contributed by atoms with van der Waals surface area (Å²) in [6.45, 7) is 2.23. The Morgan fingerprint density at radius 3 is 2.83 bits per heavy atom. The Balaban J connectivity index is 2.14. The van der Waals surface area contributed by atoms with E-state index in [-0.39, 0.29) is 10.6 Å². The number of aromatic nitrogens is 1. The molecule has 0 saturated heterocycles. The summed E-state index contributed by atoms with van der Waals surface area (Å²) in [6, 6.07) is 4.80. The number of nitrogens with zero attached hydrogens (tertiary/aromatic N) is 1. The van der Waals surface area contributed by atoms with Crippen LogP contribution in [0.3, 0.4) is 0 Å². The topological polar surface area (TPSA) is 88.0 Å². The molecule has 0 spiro atoms. The van der Waals surface area contributed by atoms with E-state index in [0.29, 0.717) is 12.2 Å². The molecular weight excluding hydrogens is 254 g/mol. The number of rotatable bonds is 4. The van der Waals surface area contributed by atoms with Crippen LogP contribution in [0.1, 0.15) is 11.3 Å². The minimum atomic E-state index is -0.426. The van der Waals surface area contributed by atoms with Crippen molar-refractivity contribution in [2.75, 3.05) is 5.32 Å². The number of anilines is 1. The highest BCUT2D eigenvalue weighted by molar-refractivity contribution is 7.07. The third-order valence-corrected chi connectivity index (χ3v) is 3.05. The number of aryl methyl sites for hydroxylation is 1. The maximum Gasteiger partial charge on any atom is 0.304 e. The van der Waals surface area contributed by atoms with Crippen molar-refractivity contribution in [2.45, 2.75) is 13.5 Å². The van der Waals surface area contributed by atoms with Crippen molar-refractivity contribution in [3.8, 4) is 0 Å². The molecule has 94 valence electrons. The number of nitro groups is 1. The van der Waals surface area contributed by atoms with Crippen LogP contribution in [-0.2, 0) is 6.54 Å². The van der Waals surface area contributed by atoms with Gasteiger partial charge in [-0.05, 0) is 18.6 Å². The van der Waals surface area contributed by atoms with E-state index in [2.05, 4.69) is 10.3 Å². The fraction of sp³-hybridized carbons (Fsp3) is 0.182. The summed E-state index contributed by atoms with van der Waals surface area (Å²) in [7, 11) is 0. The first kappa shape index (κ1) is 12.3. The van der Waals surface area contributed by atoms with Crippen LogP contribution in [0, 0.1) is 17.0 Å². The van der Waals surface area contributed by atoms with E-state index in [4.69, 9.17) is 0 Å². The summed E-state index contributed by atoms with van der Waals surface area (Å²) in [5, 5.41) is 15.5. The average Bonchev–Trinajstić information content (AvgIpc) is 2.72. The van der Waals surface area contributed by atoms with E-state index in [9.17, 15) is 14.9 Å². The zero-order valence-corrected chi connectivity index (χ0v) is 10.4. The zero-order chi connectivity index (χ0) is 13.1. The minimum Gasteiger partial charge on any atom is -0.379 e. The molecule has 7 heteroatoms. The lowest BCUT2D eigenvalue weighted by molar-refractivity contribution is -0.384. The number of nitrogens with one attached hydrogen (secondary N) is 2. The number of H-pyrrole nitrogens is 1. The molecule has 0 radical (unpaired) electrons. The third kappa shape index (κ3) is 2.95. The predicted octanol–water partition coefficient (Wildman–Crippen LogP) is 2.27. The van der Waals surface area contributed by atoms with E-state index in [0.717, 1.165) is 22.6 Å². The van der Waals surface area contributed by atoms with Crippen LogP contribution < -0.4 is 10.2 Å². The summed E-state index contributed by atoms with van der Waals surface area (Å²) < 4.78 is 0. The number of hydrogen-bond donors (Lipinski definition) is 2. The monoisotopic (exact) mass is 265 g/mol. The lowest BCUT2D eigenvalue weighted by Gasteiger charge is -2.05. The molecule has 0 saturated carbocycles. The van der Waals surface area contributed by atoms with Crippen molar-refractivity contribution in [3.63, 3.8) is 0 Å². The Hall–Kier alpha value is -2.15. The third-order valence-electron chi connectivity index (χ3n) is 2.33. The first-order valence-electron chi connectivity index (χ1n) is 5.21. The lowest BCUT2D eigenvalue weighted by atomic mass is 10.2. The van der Waals surface area contributed by atoms with Crippen molar-refractivity contribution in [1.82, 2.24) is 4.98 Å². The highest BCUT2D eigenvalue weighted by atomic mass is 32.1. The van der Waals surface area contributed by atoms with Crippen molar-refractivity contribution >= 4 is 22.7 Å². The molecule has 0 aliphatic heterocycles. The molecule has 0 aliphatic rings. The largest absolute Gasteiger partial charge is 0.379 e. The van der Waals surface area contributed by atoms with Gasteiger partial charge in [-0.3, -0.25) is 14.9 Å². The Morgan fingerprint density at radius 2 is 2.22 bits per heavy atom. The molecule has 1 heterocycles. The molecule has 0 unspecified atom stereocenters. The Morgan fingerprint density at radius 1 is 1.44 bits per heavy atom. The molecule has 0 atom stereocenters. The van der Waals surface area contributed by atoms with E-state index >= 15 is 0 Å². The molecule has 0 fully saturated rings. The van der Waals surface area contributed by atoms with E-state index < -0.39 is 4.92 Å². The van der Waals surface area contributed by atoms with E-state index in [1.165, 1.54) is 12.1 Å². The smallest absolute Gasteiger partial charge is 0.304 e. The van der Waals surface area contributed by atoms with Gasteiger partial charge in [0.15, 0.2) is 0 Å². The number of nitro benzene ring substituents is 1. The van der Waals surface area contributed by atoms with Gasteiger partial charge in [-0.15, -0.1) is 0 Å². The van der Waals surface area contributed by atoms with Crippen LogP contribution in [-0.4, -0.2) is 9.91 Å². The SMILES string of the molecule is Cc1cc(NCc2csc(=O)[nH]2)cc([N+](=O)[O-])c1. The fourth-order valence-electron chi connectivity index (χ4n) is 1.57. The number of thiazole rings is 1. The van der Waals surface area contributed by atoms with Gasteiger partial charge in [0.05, 0.1) is 11.5 Å². The fourth-order valence-corrected chi connectivity index (χ4v) is 2.15. The van der Waals surface area contributed by atoms with Crippen LogP contribution >= 0.6 is 11.3 Å². The highest BCUT2D eigenvalue weighted by Crippen LogP contribution is 2.20. The molecule has 2 rings (SSSR count). The summed E-state index contributed by atoms with van der Waals surface area (Å²) in [5.41, 5.74) is 2.28. The van der Waals surface area contributed by atoms with Crippen LogP contribution in [0.5, 0.6) is 0 Å². The molecular formula is C11H11N3O3S. The normalized spacial score (nSPS) is 10.3. The van der Waals surface area contributed by atoms with Crippen molar-refractivity contribution < 1.29 is 4.92 Å². The Kier molecular flexibility index (Phi) is 3.42. The second kappa shape index (κ2) is 5.01. The molecule has 0 bridgehead atoms. The van der Waals surface area contributed by atoms with Gasteiger partial charge in [0.2, 0.25) is 0 Å².